The number of benzene rings is 2. The Kier molecular flexibility index (Phi) is 2.84. The summed E-state index contributed by atoms with van der Waals surface area (Å²) >= 11 is 0. The minimum Gasteiger partial charge on any atom is -0.388 e. The third kappa shape index (κ3) is 1.91. The highest BCUT2D eigenvalue weighted by Crippen LogP contribution is 2.43. The third-order valence-electron chi connectivity index (χ3n) is 4.81. The second-order valence-corrected chi connectivity index (χ2v) is 6.16. The molecule has 2 atom stereocenters. The maximum absolute atomic E-state index is 10.8. The maximum atomic E-state index is 10.8. The monoisotopic (exact) mass is 317 g/mol. The number of aliphatic hydroxyl groups is 1. The lowest BCUT2D eigenvalue weighted by Crippen LogP contribution is -2.10. The van der Waals surface area contributed by atoms with E-state index in [9.17, 15) is 5.11 Å². The molecule has 0 fully saturated rings. The van der Waals surface area contributed by atoms with Crippen LogP contribution in [0, 0.1) is 0 Å². The van der Waals surface area contributed by atoms with Gasteiger partial charge in [0.1, 0.15) is 0 Å². The van der Waals surface area contributed by atoms with Crippen LogP contribution in [0.2, 0.25) is 0 Å². The first-order chi connectivity index (χ1) is 11.8. The van der Waals surface area contributed by atoms with Crippen molar-refractivity contribution in [1.29, 1.82) is 0 Å². The van der Waals surface area contributed by atoms with Gasteiger partial charge in [0, 0.05) is 17.4 Å². The number of fused-ring (bicyclic) bond motifs is 4. The number of hydrogen-bond donors (Lipinski definition) is 1. The molecule has 4 aromatic rings. The van der Waals surface area contributed by atoms with Gasteiger partial charge in [-0.1, -0.05) is 35.5 Å². The average molecular weight is 317 g/mol. The van der Waals surface area contributed by atoms with Crippen molar-refractivity contribution in [2.75, 3.05) is 0 Å². The van der Waals surface area contributed by atoms with Crippen molar-refractivity contribution in [3.8, 4) is 11.3 Å². The Morgan fingerprint density at radius 3 is 3.04 bits per heavy atom. The molecule has 0 saturated carbocycles. The summed E-state index contributed by atoms with van der Waals surface area (Å²) in [6.07, 6.45) is 5.42. The Hall–Kier alpha value is -2.92. The lowest BCUT2D eigenvalue weighted by atomic mass is 9.95. The second-order valence-electron chi connectivity index (χ2n) is 6.16. The molecular formula is C19H15N3O2. The average Bonchev–Trinajstić information content (AvgIpc) is 3.31. The van der Waals surface area contributed by atoms with Crippen LogP contribution in [0.5, 0.6) is 0 Å². The summed E-state index contributed by atoms with van der Waals surface area (Å²) in [5, 5.41) is 15.5. The highest BCUT2D eigenvalue weighted by atomic mass is 16.5. The van der Waals surface area contributed by atoms with Crippen LogP contribution in [0.1, 0.15) is 29.7 Å². The Balaban J connectivity index is 1.51. The summed E-state index contributed by atoms with van der Waals surface area (Å²) in [4.78, 5) is 4.27. The van der Waals surface area contributed by atoms with E-state index < -0.39 is 6.10 Å². The van der Waals surface area contributed by atoms with Crippen LogP contribution in [0.3, 0.4) is 0 Å². The molecule has 24 heavy (non-hydrogen) atoms. The highest BCUT2D eigenvalue weighted by Gasteiger charge is 2.30. The molecule has 0 bridgehead atoms. The van der Waals surface area contributed by atoms with Crippen molar-refractivity contribution in [3.05, 3.63) is 72.3 Å². The third-order valence-corrected chi connectivity index (χ3v) is 4.81. The zero-order valence-corrected chi connectivity index (χ0v) is 12.8. The number of hydrogen-bond acceptors (Lipinski definition) is 4. The van der Waals surface area contributed by atoms with Crippen LogP contribution in [-0.4, -0.2) is 19.8 Å². The first-order valence-electron chi connectivity index (χ1n) is 7.95. The molecule has 5 heteroatoms. The van der Waals surface area contributed by atoms with Gasteiger partial charge in [0.05, 0.1) is 36.6 Å². The van der Waals surface area contributed by atoms with Crippen molar-refractivity contribution in [2.45, 2.75) is 18.6 Å². The number of nitrogens with zero attached hydrogens (tertiary/aromatic N) is 3. The zero-order valence-electron chi connectivity index (χ0n) is 12.8. The molecule has 2 aromatic heterocycles. The van der Waals surface area contributed by atoms with E-state index in [0.29, 0.717) is 6.42 Å². The quantitative estimate of drug-likeness (QED) is 0.625. The Morgan fingerprint density at radius 2 is 2.08 bits per heavy atom. The standard InChI is InChI=1S/C19H15N3O2/c23-18(12-5-6-19-13(7-12)9-21-24-19)8-16-14-3-1-2-4-15(14)17-10-20-11-22(16)17/h1-7,9-11,16,18,23H,8H2. The molecule has 1 aliphatic rings. The Morgan fingerprint density at radius 1 is 1.17 bits per heavy atom. The van der Waals surface area contributed by atoms with Crippen LogP contribution in [-0.2, 0) is 0 Å². The van der Waals surface area contributed by atoms with Crippen LogP contribution < -0.4 is 0 Å². The van der Waals surface area contributed by atoms with Gasteiger partial charge in [-0.3, -0.25) is 0 Å². The van der Waals surface area contributed by atoms with E-state index in [2.05, 4.69) is 26.8 Å². The van der Waals surface area contributed by atoms with Gasteiger partial charge in [0.25, 0.3) is 0 Å². The molecule has 1 aliphatic heterocycles. The Labute approximate surface area is 138 Å². The molecular weight excluding hydrogens is 302 g/mol. The first kappa shape index (κ1) is 13.5. The number of aromatic nitrogens is 3. The number of rotatable bonds is 3. The lowest BCUT2D eigenvalue weighted by molar-refractivity contribution is 0.154. The molecule has 0 amide bonds. The van der Waals surface area contributed by atoms with E-state index in [0.717, 1.165) is 22.2 Å². The van der Waals surface area contributed by atoms with Gasteiger partial charge in [-0.25, -0.2) is 4.98 Å². The highest BCUT2D eigenvalue weighted by molar-refractivity contribution is 5.76. The van der Waals surface area contributed by atoms with Gasteiger partial charge in [0.15, 0.2) is 5.58 Å². The summed E-state index contributed by atoms with van der Waals surface area (Å²) < 4.78 is 7.27. The largest absolute Gasteiger partial charge is 0.388 e. The summed E-state index contributed by atoms with van der Waals surface area (Å²) in [5.41, 5.74) is 5.14. The second kappa shape index (κ2) is 5.04. The molecule has 1 N–H and O–H groups in total. The van der Waals surface area contributed by atoms with E-state index >= 15 is 0 Å². The van der Waals surface area contributed by atoms with Crippen molar-refractivity contribution in [1.82, 2.24) is 14.7 Å². The summed E-state index contributed by atoms with van der Waals surface area (Å²) in [5.74, 6) is 0. The van der Waals surface area contributed by atoms with Crippen molar-refractivity contribution >= 4 is 11.0 Å². The van der Waals surface area contributed by atoms with Crippen molar-refractivity contribution in [3.63, 3.8) is 0 Å². The molecule has 0 radical (unpaired) electrons. The van der Waals surface area contributed by atoms with Gasteiger partial charge < -0.3 is 14.2 Å². The SMILES string of the molecule is OC(CC1c2ccccc2-c2cncn21)c1ccc2oncc2c1. The van der Waals surface area contributed by atoms with E-state index in [1.54, 1.807) is 6.20 Å². The number of aliphatic hydroxyl groups excluding tert-OH is 1. The molecule has 118 valence electrons. The molecule has 0 saturated heterocycles. The predicted octanol–water partition coefficient (Wildman–Crippen LogP) is 3.72. The molecule has 2 unspecified atom stereocenters. The fourth-order valence-corrected chi connectivity index (χ4v) is 3.62. The van der Waals surface area contributed by atoms with Gasteiger partial charge in [-0.15, -0.1) is 0 Å². The fraction of sp³-hybridized carbons (Fsp3) is 0.158. The molecule has 5 rings (SSSR count). The van der Waals surface area contributed by atoms with Gasteiger partial charge >= 0.3 is 0 Å². The van der Waals surface area contributed by atoms with Crippen LogP contribution in [0.15, 0.2) is 65.7 Å². The van der Waals surface area contributed by atoms with Crippen LogP contribution in [0.4, 0.5) is 0 Å². The molecule has 2 aromatic carbocycles. The minimum atomic E-state index is -0.573. The normalized spacial score (nSPS) is 17.0. The smallest absolute Gasteiger partial charge is 0.166 e. The summed E-state index contributed by atoms with van der Waals surface area (Å²) in [7, 11) is 0. The minimum absolute atomic E-state index is 0.0897. The number of imidazole rings is 1. The van der Waals surface area contributed by atoms with Crippen molar-refractivity contribution in [2.24, 2.45) is 0 Å². The molecule has 0 spiro atoms. The van der Waals surface area contributed by atoms with E-state index in [1.807, 2.05) is 42.9 Å². The van der Waals surface area contributed by atoms with E-state index in [-0.39, 0.29) is 6.04 Å². The summed E-state index contributed by atoms with van der Waals surface area (Å²) in [6, 6.07) is 14.1. The topological polar surface area (TPSA) is 64.1 Å². The zero-order chi connectivity index (χ0) is 16.1. The van der Waals surface area contributed by atoms with Crippen LogP contribution in [0.25, 0.3) is 22.2 Å². The lowest BCUT2D eigenvalue weighted by Gasteiger charge is -2.19. The van der Waals surface area contributed by atoms with Gasteiger partial charge in [-0.2, -0.15) is 0 Å². The van der Waals surface area contributed by atoms with E-state index in [1.165, 1.54) is 11.1 Å². The Bertz CT molecular complexity index is 1030. The molecule has 3 heterocycles. The predicted molar refractivity (Wildman–Crippen MR) is 89.4 cm³/mol. The van der Waals surface area contributed by atoms with Crippen LogP contribution >= 0.6 is 0 Å². The van der Waals surface area contributed by atoms with E-state index in [4.69, 9.17) is 4.52 Å². The maximum Gasteiger partial charge on any atom is 0.166 e. The first-order valence-corrected chi connectivity index (χ1v) is 7.95. The molecule has 5 nitrogen and oxygen atoms in total. The summed E-state index contributed by atoms with van der Waals surface area (Å²) in [6.45, 7) is 0. The van der Waals surface area contributed by atoms with Gasteiger partial charge in [-0.05, 0) is 23.3 Å². The fourth-order valence-electron chi connectivity index (χ4n) is 3.62. The van der Waals surface area contributed by atoms with Crippen molar-refractivity contribution < 1.29 is 9.63 Å². The van der Waals surface area contributed by atoms with Gasteiger partial charge in [0.2, 0.25) is 0 Å². The molecule has 0 aliphatic carbocycles.